The van der Waals surface area contributed by atoms with E-state index in [4.69, 9.17) is 0 Å². The summed E-state index contributed by atoms with van der Waals surface area (Å²) in [4.78, 5) is 3.96. The second-order valence-electron chi connectivity index (χ2n) is 2.30. The summed E-state index contributed by atoms with van der Waals surface area (Å²) in [6, 6.07) is 0. The van der Waals surface area contributed by atoms with Gasteiger partial charge in [-0.2, -0.15) is 0 Å². The molecule has 0 atom stereocenters. The Morgan fingerprint density at radius 2 is 2.14 bits per heavy atom. The number of imidazole rings is 1. The number of nitrogens with zero attached hydrogens (tertiary/aromatic N) is 2. The highest BCUT2D eigenvalue weighted by Crippen LogP contribution is 2.05. The lowest BCUT2D eigenvalue weighted by Gasteiger charge is -2.00. The van der Waals surface area contributed by atoms with Crippen molar-refractivity contribution in [2.75, 3.05) is 0 Å². The van der Waals surface area contributed by atoms with Gasteiger partial charge in [0, 0.05) is 18.1 Å². The summed E-state index contributed by atoms with van der Waals surface area (Å²) in [7, 11) is 0. The summed E-state index contributed by atoms with van der Waals surface area (Å²) >= 11 is 0. The van der Waals surface area contributed by atoms with E-state index in [0.717, 1.165) is 5.70 Å². The smallest absolute Gasteiger partial charge is 0.0991 e. The molecule has 0 aliphatic heterocycles. The van der Waals surface area contributed by atoms with Crippen molar-refractivity contribution in [1.82, 2.24) is 9.55 Å². The van der Waals surface area contributed by atoms with Crippen molar-refractivity contribution in [2.45, 2.75) is 20.8 Å². The third-order valence-electron chi connectivity index (χ3n) is 1.43. The summed E-state index contributed by atoms with van der Waals surface area (Å²) < 4.78 is 1.93. The van der Waals surface area contributed by atoms with E-state index in [2.05, 4.69) is 11.6 Å². The normalized spacial score (nSPS) is 10.9. The number of allylic oxidation sites excluding steroid dienone is 5. The Balaban J connectivity index is 0.000000791. The molecular formula is C12H18N2. The van der Waals surface area contributed by atoms with Gasteiger partial charge in [0.2, 0.25) is 0 Å². The molecule has 0 amide bonds. The van der Waals surface area contributed by atoms with Crippen LogP contribution in [0, 0.1) is 0 Å². The Morgan fingerprint density at radius 1 is 1.43 bits per heavy atom. The van der Waals surface area contributed by atoms with E-state index in [1.807, 2.05) is 49.8 Å². The largest absolute Gasteiger partial charge is 0.306 e. The minimum absolute atomic E-state index is 1.06. The van der Waals surface area contributed by atoms with Crippen molar-refractivity contribution in [3.05, 3.63) is 49.6 Å². The van der Waals surface area contributed by atoms with Crippen molar-refractivity contribution in [3.63, 3.8) is 0 Å². The van der Waals surface area contributed by atoms with Gasteiger partial charge in [-0.3, -0.25) is 0 Å². The first kappa shape index (κ1) is 12.4. The highest BCUT2D eigenvalue weighted by molar-refractivity contribution is 5.58. The monoisotopic (exact) mass is 190 g/mol. The molecule has 1 heterocycles. The van der Waals surface area contributed by atoms with Gasteiger partial charge in [0.1, 0.15) is 0 Å². The van der Waals surface area contributed by atoms with Crippen LogP contribution in [0.15, 0.2) is 49.6 Å². The maximum atomic E-state index is 3.96. The highest BCUT2D eigenvalue weighted by atomic mass is 15.0. The fraction of sp³-hybridized carbons (Fsp3) is 0.250. The average Bonchev–Trinajstić information content (AvgIpc) is 2.73. The number of rotatable bonds is 3. The van der Waals surface area contributed by atoms with Crippen LogP contribution in [-0.2, 0) is 0 Å². The fourth-order valence-electron chi connectivity index (χ4n) is 0.931. The molecule has 14 heavy (non-hydrogen) atoms. The molecule has 0 aliphatic rings. The maximum Gasteiger partial charge on any atom is 0.0991 e. The van der Waals surface area contributed by atoms with E-state index in [-0.39, 0.29) is 0 Å². The van der Waals surface area contributed by atoms with Crippen LogP contribution in [0.1, 0.15) is 20.8 Å². The topological polar surface area (TPSA) is 17.8 Å². The second kappa shape index (κ2) is 8.05. The fourth-order valence-corrected chi connectivity index (χ4v) is 0.931. The van der Waals surface area contributed by atoms with Crippen molar-refractivity contribution in [1.29, 1.82) is 0 Å². The van der Waals surface area contributed by atoms with E-state index in [0.29, 0.717) is 0 Å². The van der Waals surface area contributed by atoms with Gasteiger partial charge in [-0.15, -0.1) is 0 Å². The van der Waals surface area contributed by atoms with Gasteiger partial charge >= 0.3 is 0 Å². The van der Waals surface area contributed by atoms with E-state index >= 15 is 0 Å². The minimum Gasteiger partial charge on any atom is -0.306 e. The van der Waals surface area contributed by atoms with Gasteiger partial charge in [0.25, 0.3) is 0 Å². The molecule has 0 saturated carbocycles. The lowest BCUT2D eigenvalue weighted by molar-refractivity contribution is 1.10. The Bertz CT molecular complexity index is 292. The molecule has 1 aromatic rings. The SMILES string of the molecule is C=C/C=C(\C=C/C)n1ccnc1.CC. The lowest BCUT2D eigenvalue weighted by Crippen LogP contribution is -1.88. The Hall–Kier alpha value is -1.57. The molecule has 1 rings (SSSR count). The highest BCUT2D eigenvalue weighted by Gasteiger charge is 1.91. The van der Waals surface area contributed by atoms with E-state index in [9.17, 15) is 0 Å². The predicted octanol–water partition coefficient (Wildman–Crippen LogP) is 3.51. The molecular weight excluding hydrogens is 172 g/mol. The zero-order valence-corrected chi connectivity index (χ0v) is 9.14. The van der Waals surface area contributed by atoms with Crippen LogP contribution in [-0.4, -0.2) is 9.55 Å². The average molecular weight is 190 g/mol. The first-order valence-electron chi connectivity index (χ1n) is 4.82. The summed E-state index contributed by atoms with van der Waals surface area (Å²) in [5.41, 5.74) is 1.06. The molecule has 0 N–H and O–H groups in total. The van der Waals surface area contributed by atoms with Crippen molar-refractivity contribution in [2.24, 2.45) is 0 Å². The quantitative estimate of drug-likeness (QED) is 0.667. The van der Waals surface area contributed by atoms with Crippen molar-refractivity contribution >= 4 is 5.70 Å². The zero-order chi connectivity index (χ0) is 10.8. The molecule has 2 heteroatoms. The van der Waals surface area contributed by atoms with Gasteiger partial charge in [-0.25, -0.2) is 4.98 Å². The third kappa shape index (κ3) is 3.90. The van der Waals surface area contributed by atoms with Crippen LogP contribution in [0.5, 0.6) is 0 Å². The van der Waals surface area contributed by atoms with Gasteiger partial charge in [-0.1, -0.05) is 32.6 Å². The van der Waals surface area contributed by atoms with E-state index < -0.39 is 0 Å². The molecule has 0 saturated heterocycles. The summed E-state index contributed by atoms with van der Waals surface area (Å²) in [5.74, 6) is 0. The van der Waals surface area contributed by atoms with Crippen LogP contribution in [0.25, 0.3) is 5.70 Å². The lowest BCUT2D eigenvalue weighted by atomic mass is 10.3. The van der Waals surface area contributed by atoms with E-state index in [1.54, 1.807) is 18.6 Å². The van der Waals surface area contributed by atoms with Crippen molar-refractivity contribution < 1.29 is 0 Å². The van der Waals surface area contributed by atoms with Gasteiger partial charge < -0.3 is 4.57 Å². The van der Waals surface area contributed by atoms with Gasteiger partial charge in [0.05, 0.1) is 6.33 Å². The summed E-state index contributed by atoms with van der Waals surface area (Å²) in [6.07, 6.45) is 13.1. The van der Waals surface area contributed by atoms with Crippen LogP contribution in [0.3, 0.4) is 0 Å². The predicted molar refractivity (Wildman–Crippen MR) is 62.9 cm³/mol. The first-order valence-corrected chi connectivity index (χ1v) is 4.82. The molecule has 0 aliphatic carbocycles. The molecule has 0 unspecified atom stereocenters. The number of hydrogen-bond donors (Lipinski definition) is 0. The molecule has 0 radical (unpaired) electrons. The Morgan fingerprint density at radius 3 is 2.57 bits per heavy atom. The van der Waals surface area contributed by atoms with Gasteiger partial charge in [0.15, 0.2) is 0 Å². The van der Waals surface area contributed by atoms with E-state index in [1.165, 1.54) is 0 Å². The van der Waals surface area contributed by atoms with Crippen LogP contribution in [0.2, 0.25) is 0 Å². The summed E-state index contributed by atoms with van der Waals surface area (Å²) in [6.45, 7) is 9.63. The molecule has 2 nitrogen and oxygen atoms in total. The molecule has 0 aromatic carbocycles. The number of hydrogen-bond acceptors (Lipinski definition) is 1. The maximum absolute atomic E-state index is 3.96. The molecule has 0 fully saturated rings. The van der Waals surface area contributed by atoms with Crippen molar-refractivity contribution in [3.8, 4) is 0 Å². The third-order valence-corrected chi connectivity index (χ3v) is 1.43. The van der Waals surface area contributed by atoms with Gasteiger partial charge in [-0.05, 0) is 19.1 Å². The van der Waals surface area contributed by atoms with Crippen LogP contribution < -0.4 is 0 Å². The molecule has 0 bridgehead atoms. The van der Waals surface area contributed by atoms with Crippen LogP contribution >= 0.6 is 0 Å². The molecule has 1 aromatic heterocycles. The summed E-state index contributed by atoms with van der Waals surface area (Å²) in [5, 5.41) is 0. The molecule has 76 valence electrons. The second-order valence-corrected chi connectivity index (χ2v) is 2.30. The molecule has 0 spiro atoms. The standard InChI is InChI=1S/C10H12N2.C2H6/c1-3-5-10(6-4-2)12-8-7-11-9-12;1-2/h3-9H,1H2,2H3;1-2H3/b6-4-,10-5+;. The Kier molecular flexibility index (Phi) is 7.15. The minimum atomic E-state index is 1.06. The Labute approximate surface area is 86.3 Å². The number of aromatic nitrogens is 2. The first-order chi connectivity index (χ1) is 6.88. The van der Waals surface area contributed by atoms with Crippen LogP contribution in [0.4, 0.5) is 0 Å². The zero-order valence-electron chi connectivity index (χ0n) is 9.14.